The number of carbonyl (C=O) groups excluding carboxylic acids is 1. The van der Waals surface area contributed by atoms with Gasteiger partial charge in [-0.3, -0.25) is 4.79 Å². The van der Waals surface area contributed by atoms with Gasteiger partial charge in [-0.15, -0.1) is 0 Å². The van der Waals surface area contributed by atoms with Gasteiger partial charge in [0.1, 0.15) is 11.5 Å². The number of aromatic carboxylic acids is 1. The molecule has 0 saturated carbocycles. The molecular formula is C23H13BrCl2N2O4. The lowest BCUT2D eigenvalue weighted by Gasteiger charge is -2.11. The van der Waals surface area contributed by atoms with Gasteiger partial charge >= 0.3 is 5.97 Å². The first-order chi connectivity index (χ1) is 15.2. The van der Waals surface area contributed by atoms with E-state index in [1.807, 2.05) is 0 Å². The first-order valence-electron chi connectivity index (χ1n) is 9.17. The second-order valence-electron chi connectivity index (χ2n) is 6.81. The van der Waals surface area contributed by atoms with Crippen LogP contribution in [0.2, 0.25) is 10.0 Å². The van der Waals surface area contributed by atoms with E-state index in [1.54, 1.807) is 36.4 Å². The van der Waals surface area contributed by atoms with Crippen LogP contribution in [0.3, 0.4) is 0 Å². The molecule has 0 radical (unpaired) electrons. The van der Waals surface area contributed by atoms with E-state index in [4.69, 9.17) is 28.3 Å². The summed E-state index contributed by atoms with van der Waals surface area (Å²) >= 11 is 15.5. The second kappa shape index (κ2) is 8.78. The number of rotatable bonds is 4. The average Bonchev–Trinajstić information content (AvgIpc) is 3.08. The van der Waals surface area contributed by atoms with Gasteiger partial charge < -0.3 is 10.2 Å². The van der Waals surface area contributed by atoms with Crippen molar-refractivity contribution in [2.45, 2.75) is 0 Å². The highest BCUT2D eigenvalue weighted by atomic mass is 79.9. The third kappa shape index (κ3) is 4.27. The minimum absolute atomic E-state index is 0.0529. The van der Waals surface area contributed by atoms with E-state index in [1.165, 1.54) is 30.3 Å². The highest BCUT2D eigenvalue weighted by Gasteiger charge is 2.33. The van der Waals surface area contributed by atoms with E-state index in [0.29, 0.717) is 31.3 Å². The zero-order chi connectivity index (χ0) is 23.0. The maximum absolute atomic E-state index is 13.3. The monoisotopic (exact) mass is 530 g/mol. The fourth-order valence-electron chi connectivity index (χ4n) is 3.13. The molecule has 0 atom stereocenters. The fraction of sp³-hybridized carbons (Fsp3) is 0. The maximum Gasteiger partial charge on any atom is 0.335 e. The van der Waals surface area contributed by atoms with Gasteiger partial charge in [0.15, 0.2) is 0 Å². The lowest BCUT2D eigenvalue weighted by molar-refractivity contribution is -0.114. The molecule has 0 aromatic heterocycles. The molecule has 1 aliphatic heterocycles. The van der Waals surface area contributed by atoms with Crippen LogP contribution >= 0.6 is 39.1 Å². The molecule has 0 aliphatic carbocycles. The van der Waals surface area contributed by atoms with Gasteiger partial charge in [0, 0.05) is 10.0 Å². The molecule has 3 aromatic carbocycles. The molecule has 1 aliphatic rings. The summed E-state index contributed by atoms with van der Waals surface area (Å²) in [7, 11) is 0. The summed E-state index contributed by atoms with van der Waals surface area (Å²) in [6.07, 6.45) is 1.61. The Hall–Kier alpha value is -3.13. The molecule has 0 fully saturated rings. The van der Waals surface area contributed by atoms with E-state index < -0.39 is 11.9 Å². The molecule has 1 amide bonds. The minimum Gasteiger partial charge on any atom is -0.507 e. The number of hydrogen-bond donors (Lipinski definition) is 2. The van der Waals surface area contributed by atoms with E-state index in [2.05, 4.69) is 21.0 Å². The number of carbonyl (C=O) groups is 2. The van der Waals surface area contributed by atoms with Gasteiger partial charge in [0.2, 0.25) is 0 Å². The molecule has 1 heterocycles. The number of benzene rings is 3. The van der Waals surface area contributed by atoms with E-state index >= 15 is 0 Å². The predicted octanol–water partition coefficient (Wildman–Crippen LogP) is 5.99. The minimum atomic E-state index is -1.08. The lowest BCUT2D eigenvalue weighted by Crippen LogP contribution is -2.21. The Morgan fingerprint density at radius 3 is 2.38 bits per heavy atom. The van der Waals surface area contributed by atoms with Crippen molar-refractivity contribution in [1.29, 1.82) is 0 Å². The van der Waals surface area contributed by atoms with Crippen LogP contribution in [0.4, 0.5) is 5.69 Å². The molecule has 6 nitrogen and oxygen atoms in total. The molecule has 9 heteroatoms. The molecule has 160 valence electrons. The van der Waals surface area contributed by atoms with Gasteiger partial charge in [0.25, 0.3) is 5.91 Å². The van der Waals surface area contributed by atoms with Crippen LogP contribution in [0.15, 0.2) is 75.8 Å². The van der Waals surface area contributed by atoms with Crippen molar-refractivity contribution >= 4 is 68.5 Å². The van der Waals surface area contributed by atoms with Crippen LogP contribution in [-0.4, -0.2) is 27.8 Å². The third-order valence-electron chi connectivity index (χ3n) is 4.71. The Kier molecular flexibility index (Phi) is 6.06. The first-order valence-corrected chi connectivity index (χ1v) is 10.7. The SMILES string of the molecule is O=C(O)c1ccc(N2N=C(c3cc(Br)ccc3O)C(=Cc3ccc(Cl)c(Cl)c3)C2=O)cc1. The molecule has 0 saturated heterocycles. The Balaban J connectivity index is 1.85. The summed E-state index contributed by atoms with van der Waals surface area (Å²) in [5.41, 5.74) is 1.91. The Morgan fingerprint density at radius 2 is 1.72 bits per heavy atom. The number of phenols is 1. The summed E-state index contributed by atoms with van der Waals surface area (Å²) in [6, 6.07) is 15.5. The number of halogens is 3. The number of carboxylic acids is 1. The zero-order valence-corrected chi connectivity index (χ0v) is 19.2. The quantitative estimate of drug-likeness (QED) is 0.404. The van der Waals surface area contributed by atoms with Gasteiger partial charge in [-0.05, 0) is 66.2 Å². The molecule has 3 aromatic rings. The number of nitrogens with zero attached hydrogens (tertiary/aromatic N) is 2. The summed E-state index contributed by atoms with van der Waals surface area (Å²) in [5, 5.41) is 25.9. The average molecular weight is 532 g/mol. The lowest BCUT2D eigenvalue weighted by atomic mass is 9.99. The van der Waals surface area contributed by atoms with Crippen molar-refractivity contribution in [3.8, 4) is 5.75 Å². The topological polar surface area (TPSA) is 90.2 Å². The van der Waals surface area contributed by atoms with Gasteiger partial charge in [0.05, 0.1) is 26.9 Å². The number of phenolic OH excluding ortho intramolecular Hbond substituents is 1. The van der Waals surface area contributed by atoms with Crippen molar-refractivity contribution in [2.24, 2.45) is 5.10 Å². The van der Waals surface area contributed by atoms with Crippen LogP contribution in [-0.2, 0) is 4.79 Å². The Bertz CT molecular complexity index is 1320. The van der Waals surface area contributed by atoms with Crippen LogP contribution in [0, 0.1) is 0 Å². The fourth-order valence-corrected chi connectivity index (χ4v) is 3.80. The van der Waals surface area contributed by atoms with Crippen molar-refractivity contribution in [3.63, 3.8) is 0 Å². The molecule has 0 bridgehead atoms. The maximum atomic E-state index is 13.3. The van der Waals surface area contributed by atoms with Crippen molar-refractivity contribution in [1.82, 2.24) is 0 Å². The highest BCUT2D eigenvalue weighted by Crippen LogP contribution is 2.33. The summed E-state index contributed by atoms with van der Waals surface area (Å²) < 4.78 is 0.693. The molecule has 2 N–H and O–H groups in total. The zero-order valence-electron chi connectivity index (χ0n) is 16.1. The molecule has 0 spiro atoms. The van der Waals surface area contributed by atoms with Gasteiger partial charge in [-0.25, -0.2) is 4.79 Å². The van der Waals surface area contributed by atoms with E-state index in [9.17, 15) is 14.7 Å². The Labute approximate surface area is 201 Å². The third-order valence-corrected chi connectivity index (χ3v) is 5.94. The van der Waals surface area contributed by atoms with Crippen molar-refractivity contribution in [3.05, 3.63) is 97.4 Å². The normalized spacial score (nSPS) is 14.7. The first kappa shape index (κ1) is 22.1. The molecule has 32 heavy (non-hydrogen) atoms. The van der Waals surface area contributed by atoms with Gasteiger partial charge in [-0.1, -0.05) is 45.2 Å². The van der Waals surface area contributed by atoms with Crippen LogP contribution in [0.1, 0.15) is 21.5 Å². The Morgan fingerprint density at radius 1 is 1.00 bits per heavy atom. The summed E-state index contributed by atoms with van der Waals surface area (Å²) in [4.78, 5) is 24.5. The number of hydrogen-bond acceptors (Lipinski definition) is 4. The number of carboxylic acid groups (broad SMARTS) is 1. The van der Waals surface area contributed by atoms with Crippen LogP contribution < -0.4 is 5.01 Å². The number of amides is 1. The molecular weight excluding hydrogens is 519 g/mol. The number of anilines is 1. The van der Waals surface area contributed by atoms with Crippen LogP contribution in [0.25, 0.3) is 6.08 Å². The predicted molar refractivity (Wildman–Crippen MR) is 128 cm³/mol. The molecule has 4 rings (SSSR count). The largest absolute Gasteiger partial charge is 0.507 e. The van der Waals surface area contributed by atoms with Crippen molar-refractivity contribution in [2.75, 3.05) is 5.01 Å². The van der Waals surface area contributed by atoms with E-state index in [-0.39, 0.29) is 22.6 Å². The highest BCUT2D eigenvalue weighted by molar-refractivity contribution is 9.10. The standard InChI is InChI=1S/C23H13BrCl2N2O4/c24-14-4-8-20(29)16(11-14)21-17(9-12-1-7-18(25)19(26)10-12)22(30)28(27-21)15-5-2-13(3-6-15)23(31)32/h1-11,29H,(H,31,32). The number of hydrazone groups is 1. The van der Waals surface area contributed by atoms with E-state index in [0.717, 1.165) is 5.01 Å². The van der Waals surface area contributed by atoms with Crippen molar-refractivity contribution < 1.29 is 19.8 Å². The van der Waals surface area contributed by atoms with Gasteiger partial charge in [-0.2, -0.15) is 10.1 Å². The second-order valence-corrected chi connectivity index (χ2v) is 8.54. The van der Waals surface area contributed by atoms with Crippen LogP contribution in [0.5, 0.6) is 5.75 Å². The summed E-state index contributed by atoms with van der Waals surface area (Å²) in [5.74, 6) is -1.58. The molecule has 0 unspecified atom stereocenters. The smallest absolute Gasteiger partial charge is 0.335 e. The summed E-state index contributed by atoms with van der Waals surface area (Å²) in [6.45, 7) is 0. The number of aromatic hydroxyl groups is 1.